The molecule has 5 aromatic rings. The van der Waals surface area contributed by atoms with Crippen molar-refractivity contribution in [3.05, 3.63) is 144 Å². The predicted octanol–water partition coefficient (Wildman–Crippen LogP) is 8.09. The average molecular weight is 470 g/mol. The van der Waals surface area contributed by atoms with Gasteiger partial charge < -0.3 is 0 Å². The van der Waals surface area contributed by atoms with Crippen LogP contribution in [0, 0.1) is 5.82 Å². The molecule has 0 bridgehead atoms. The maximum Gasteiger partial charge on any atom is 0.123 e. The Balaban J connectivity index is 1.30. The Morgan fingerprint density at radius 2 is 1.53 bits per heavy atom. The molecule has 0 fully saturated rings. The first-order chi connectivity index (χ1) is 17.7. The van der Waals surface area contributed by atoms with E-state index in [2.05, 4.69) is 42.5 Å². The fraction of sp³-hybridized carbons (Fsp3) is 0.0625. The summed E-state index contributed by atoms with van der Waals surface area (Å²) in [5.41, 5.74) is 5.99. The number of fused-ring (bicyclic) bond motifs is 1. The molecule has 0 radical (unpaired) electrons. The number of rotatable bonds is 5. The molecule has 0 saturated carbocycles. The maximum absolute atomic E-state index is 13.6. The Morgan fingerprint density at radius 1 is 0.750 bits per heavy atom. The fourth-order valence-corrected chi connectivity index (χ4v) is 4.65. The topological polar surface area (TPSA) is 28.0 Å². The molecule has 1 aliphatic rings. The molecule has 0 N–H and O–H groups in total. The normalized spacial score (nSPS) is 15.5. The summed E-state index contributed by atoms with van der Waals surface area (Å²) >= 11 is 0. The number of anilines is 1. The van der Waals surface area contributed by atoms with Crippen LogP contribution in [0.1, 0.15) is 29.2 Å². The highest BCUT2D eigenvalue weighted by molar-refractivity contribution is 6.04. The molecule has 1 aliphatic heterocycles. The minimum absolute atomic E-state index is 0.00671. The van der Waals surface area contributed by atoms with Gasteiger partial charge in [0.15, 0.2) is 0 Å². The highest BCUT2D eigenvalue weighted by Gasteiger charge is 2.30. The Morgan fingerprint density at radius 3 is 2.36 bits per heavy atom. The summed E-state index contributed by atoms with van der Waals surface area (Å²) in [5, 5.41) is 9.46. The van der Waals surface area contributed by atoms with Gasteiger partial charge in [0, 0.05) is 12.6 Å². The van der Waals surface area contributed by atoms with Crippen molar-refractivity contribution in [3.63, 3.8) is 0 Å². The van der Waals surface area contributed by atoms with Gasteiger partial charge in [-0.1, -0.05) is 78.9 Å². The lowest BCUT2D eigenvalue weighted by Gasteiger charge is -2.23. The summed E-state index contributed by atoms with van der Waals surface area (Å²) in [6.07, 6.45) is 2.62. The van der Waals surface area contributed by atoms with E-state index < -0.39 is 0 Å². The molecule has 0 saturated heterocycles. The zero-order chi connectivity index (χ0) is 24.3. The Bertz CT molecular complexity index is 1570. The van der Waals surface area contributed by atoms with E-state index in [-0.39, 0.29) is 11.9 Å². The molecule has 1 atom stereocenters. The molecule has 6 rings (SSSR count). The molecule has 0 aromatic heterocycles. The first kappa shape index (κ1) is 21.9. The van der Waals surface area contributed by atoms with E-state index >= 15 is 0 Å². The molecule has 1 unspecified atom stereocenters. The Labute approximate surface area is 209 Å². The van der Waals surface area contributed by atoms with Crippen molar-refractivity contribution >= 4 is 34.1 Å². The largest absolute Gasteiger partial charge is 0.257 e. The average Bonchev–Trinajstić information content (AvgIpc) is 3.39. The molecular weight excluding hydrogens is 445 g/mol. The molecule has 36 heavy (non-hydrogen) atoms. The fourth-order valence-electron chi connectivity index (χ4n) is 4.65. The van der Waals surface area contributed by atoms with Crippen LogP contribution in [0.3, 0.4) is 0 Å². The first-order valence-corrected chi connectivity index (χ1v) is 12.0. The minimum atomic E-state index is -0.235. The Hall–Kier alpha value is -4.57. The van der Waals surface area contributed by atoms with E-state index in [0.29, 0.717) is 0 Å². The quantitative estimate of drug-likeness (QED) is 0.239. The van der Waals surface area contributed by atoms with E-state index in [1.165, 1.54) is 22.9 Å². The second-order valence-electron chi connectivity index (χ2n) is 8.91. The van der Waals surface area contributed by atoms with Crippen LogP contribution in [0.25, 0.3) is 10.8 Å². The van der Waals surface area contributed by atoms with Crippen molar-refractivity contribution < 1.29 is 4.39 Å². The van der Waals surface area contributed by atoms with Crippen LogP contribution in [0.2, 0.25) is 0 Å². The van der Waals surface area contributed by atoms with Crippen LogP contribution in [0.5, 0.6) is 0 Å². The summed E-state index contributed by atoms with van der Waals surface area (Å²) in [4.78, 5) is 4.74. The number of nitrogens with zero attached hydrogens (tertiary/aromatic N) is 3. The zero-order valence-electron chi connectivity index (χ0n) is 19.6. The van der Waals surface area contributed by atoms with Gasteiger partial charge in [-0.3, -0.25) is 10.0 Å². The lowest BCUT2D eigenvalue weighted by molar-refractivity contribution is 0.624. The van der Waals surface area contributed by atoms with E-state index in [4.69, 9.17) is 10.1 Å². The third kappa shape index (κ3) is 4.53. The van der Waals surface area contributed by atoms with Crippen molar-refractivity contribution in [1.82, 2.24) is 0 Å². The van der Waals surface area contributed by atoms with Gasteiger partial charge in [0.1, 0.15) is 5.82 Å². The van der Waals surface area contributed by atoms with Crippen LogP contribution in [-0.4, -0.2) is 11.9 Å². The van der Waals surface area contributed by atoms with Crippen LogP contribution < -0.4 is 5.01 Å². The van der Waals surface area contributed by atoms with Crippen LogP contribution in [0.15, 0.2) is 131 Å². The van der Waals surface area contributed by atoms with E-state index in [1.807, 2.05) is 78.0 Å². The van der Waals surface area contributed by atoms with E-state index in [1.54, 1.807) is 0 Å². The summed E-state index contributed by atoms with van der Waals surface area (Å²) in [5.74, 6) is -0.235. The molecule has 5 aromatic carbocycles. The Kier molecular flexibility index (Phi) is 5.84. The molecule has 0 amide bonds. The molecule has 1 heterocycles. The molecule has 174 valence electrons. The molecular formula is C32H24FN3. The number of para-hydroxylation sites is 1. The predicted molar refractivity (Wildman–Crippen MR) is 147 cm³/mol. The van der Waals surface area contributed by atoms with Gasteiger partial charge in [-0.2, -0.15) is 5.10 Å². The van der Waals surface area contributed by atoms with Gasteiger partial charge in [-0.15, -0.1) is 0 Å². The number of hydrazone groups is 1. The zero-order valence-corrected chi connectivity index (χ0v) is 19.6. The smallest absolute Gasteiger partial charge is 0.123 e. The van der Waals surface area contributed by atoms with Crippen molar-refractivity contribution in [2.75, 3.05) is 5.01 Å². The maximum atomic E-state index is 13.6. The molecule has 4 heteroatoms. The minimum Gasteiger partial charge on any atom is -0.257 e. The first-order valence-electron chi connectivity index (χ1n) is 12.0. The monoisotopic (exact) mass is 469 g/mol. The lowest BCUT2D eigenvalue weighted by atomic mass is 9.98. The van der Waals surface area contributed by atoms with Gasteiger partial charge in [-0.05, 0) is 69.9 Å². The third-order valence-corrected chi connectivity index (χ3v) is 6.50. The van der Waals surface area contributed by atoms with Gasteiger partial charge in [0.25, 0.3) is 0 Å². The highest BCUT2D eigenvalue weighted by Crippen LogP contribution is 2.37. The molecule has 0 aliphatic carbocycles. The second-order valence-corrected chi connectivity index (χ2v) is 8.91. The van der Waals surface area contributed by atoms with Crippen molar-refractivity contribution in [1.29, 1.82) is 0 Å². The summed E-state index contributed by atoms with van der Waals surface area (Å²) < 4.78 is 13.6. The number of hydrogen-bond donors (Lipinski definition) is 0. The van der Waals surface area contributed by atoms with Crippen molar-refractivity contribution in [3.8, 4) is 0 Å². The number of halogens is 1. The SMILES string of the molecule is Fc1ccc(C2CC(c3cccc(N=Cc4ccc5ccccc5c4)c3)=NN2c2ccccc2)cc1. The highest BCUT2D eigenvalue weighted by atomic mass is 19.1. The number of aliphatic imine (C=N–C) groups is 1. The second kappa shape index (κ2) is 9.59. The van der Waals surface area contributed by atoms with Gasteiger partial charge >= 0.3 is 0 Å². The standard InChI is InChI=1S/C32H24FN3/c33-28-17-15-25(16-18-28)32-21-31(35-36(32)30-11-2-1-3-12-30)27-9-6-10-29(20-27)34-22-23-13-14-24-7-4-5-8-26(24)19-23/h1-20,22,32H,21H2. The summed E-state index contributed by atoms with van der Waals surface area (Å²) in [7, 11) is 0. The number of benzene rings is 5. The lowest BCUT2D eigenvalue weighted by Crippen LogP contribution is -2.18. The van der Waals surface area contributed by atoms with Crippen molar-refractivity contribution in [2.24, 2.45) is 10.1 Å². The number of hydrogen-bond acceptors (Lipinski definition) is 3. The third-order valence-electron chi connectivity index (χ3n) is 6.50. The van der Waals surface area contributed by atoms with Crippen LogP contribution >= 0.6 is 0 Å². The van der Waals surface area contributed by atoms with Gasteiger partial charge in [0.2, 0.25) is 0 Å². The molecule has 0 spiro atoms. The van der Waals surface area contributed by atoms with E-state index in [0.717, 1.165) is 40.2 Å². The van der Waals surface area contributed by atoms with Gasteiger partial charge in [-0.25, -0.2) is 4.39 Å². The molecule has 3 nitrogen and oxygen atoms in total. The van der Waals surface area contributed by atoms with Crippen molar-refractivity contribution in [2.45, 2.75) is 12.5 Å². The summed E-state index contributed by atoms with van der Waals surface area (Å²) in [6, 6.07) is 39.7. The van der Waals surface area contributed by atoms with E-state index in [9.17, 15) is 4.39 Å². The summed E-state index contributed by atoms with van der Waals surface area (Å²) in [6.45, 7) is 0. The van der Waals surface area contributed by atoms with Crippen LogP contribution in [0.4, 0.5) is 15.8 Å². The van der Waals surface area contributed by atoms with Gasteiger partial charge in [0.05, 0.1) is 23.1 Å². The van der Waals surface area contributed by atoms with Crippen LogP contribution in [-0.2, 0) is 0 Å².